The van der Waals surface area contributed by atoms with Crippen LogP contribution in [0.15, 0.2) is 54.6 Å². The van der Waals surface area contributed by atoms with Crippen LogP contribution in [0.2, 0.25) is 0 Å². The van der Waals surface area contributed by atoms with E-state index in [-0.39, 0.29) is 17.4 Å². The molecule has 0 saturated carbocycles. The molecule has 0 aliphatic rings. The second-order valence-corrected chi connectivity index (χ2v) is 4.33. The van der Waals surface area contributed by atoms with Crippen molar-refractivity contribution in [2.75, 3.05) is 0 Å². The molecule has 0 aliphatic carbocycles. The smallest absolute Gasteiger partial charge is 0.115 e. The molecule has 106 valence electrons. The van der Waals surface area contributed by atoms with Gasteiger partial charge in [0.1, 0.15) is 11.5 Å². The number of aromatic hydroxyl groups is 2. The zero-order valence-electron chi connectivity index (χ0n) is 12.2. The molecule has 2 aromatic rings. The third-order valence-electron chi connectivity index (χ3n) is 2.89. The summed E-state index contributed by atoms with van der Waals surface area (Å²) < 4.78 is 0. The first-order chi connectivity index (χ1) is 9.65. The van der Waals surface area contributed by atoms with Gasteiger partial charge in [0.2, 0.25) is 0 Å². The Bertz CT molecular complexity index is 524. The molecule has 0 radical (unpaired) electrons. The third kappa shape index (κ3) is 4.81. The van der Waals surface area contributed by atoms with Crippen molar-refractivity contribution in [3.05, 3.63) is 65.7 Å². The number of phenols is 2. The molecule has 0 saturated heterocycles. The van der Waals surface area contributed by atoms with Gasteiger partial charge >= 0.3 is 0 Å². The van der Waals surface area contributed by atoms with Crippen LogP contribution in [-0.2, 0) is 0 Å². The lowest BCUT2D eigenvalue weighted by Gasteiger charge is -2.06. The predicted molar refractivity (Wildman–Crippen MR) is 85.0 cm³/mol. The van der Waals surface area contributed by atoms with Gasteiger partial charge < -0.3 is 10.2 Å². The summed E-state index contributed by atoms with van der Waals surface area (Å²) >= 11 is 0. The molecule has 0 spiro atoms. The van der Waals surface area contributed by atoms with E-state index in [1.807, 2.05) is 44.2 Å². The molecular weight excluding hydrogens is 248 g/mol. The molecule has 0 aliphatic heterocycles. The Morgan fingerprint density at radius 3 is 1.75 bits per heavy atom. The molecule has 2 N–H and O–H groups in total. The number of phenolic OH excluding ortho intramolecular Hbond substituents is 2. The van der Waals surface area contributed by atoms with Gasteiger partial charge in [0, 0.05) is 0 Å². The molecule has 20 heavy (non-hydrogen) atoms. The normalized spacial score (nSPS) is 11.8. The van der Waals surface area contributed by atoms with E-state index in [9.17, 15) is 10.2 Å². The minimum atomic E-state index is 0.277. The standard InChI is InChI=1S/C16H16O2.C2H6/c1-12(14-6-10-16(18)11-7-14)2-3-13-4-8-15(17)9-5-13;1-2/h2-12,17-18H,1H3;1-2H3/b3-2+;. The number of benzene rings is 2. The first-order valence-electron chi connectivity index (χ1n) is 6.91. The van der Waals surface area contributed by atoms with E-state index in [1.165, 1.54) is 0 Å². The number of rotatable bonds is 3. The molecular formula is C18H22O2. The van der Waals surface area contributed by atoms with Crippen molar-refractivity contribution in [1.82, 2.24) is 0 Å². The second-order valence-electron chi connectivity index (χ2n) is 4.33. The molecule has 1 unspecified atom stereocenters. The average Bonchev–Trinajstić information content (AvgIpc) is 2.49. The van der Waals surface area contributed by atoms with Gasteiger partial charge in [0.15, 0.2) is 0 Å². The largest absolute Gasteiger partial charge is 0.508 e. The van der Waals surface area contributed by atoms with Crippen molar-refractivity contribution in [3.8, 4) is 11.5 Å². The summed E-state index contributed by atoms with van der Waals surface area (Å²) in [6.45, 7) is 6.10. The zero-order valence-corrected chi connectivity index (χ0v) is 12.2. The molecule has 0 fully saturated rings. The van der Waals surface area contributed by atoms with Crippen LogP contribution in [0.4, 0.5) is 0 Å². The fourth-order valence-electron chi connectivity index (χ4n) is 1.73. The fourth-order valence-corrected chi connectivity index (χ4v) is 1.73. The Labute approximate surface area is 121 Å². The average molecular weight is 270 g/mol. The highest BCUT2D eigenvalue weighted by atomic mass is 16.3. The lowest BCUT2D eigenvalue weighted by Crippen LogP contribution is -1.87. The molecule has 2 heteroatoms. The van der Waals surface area contributed by atoms with Gasteiger partial charge in [-0.25, -0.2) is 0 Å². The lowest BCUT2D eigenvalue weighted by molar-refractivity contribution is 0.474. The van der Waals surface area contributed by atoms with Gasteiger partial charge in [0.25, 0.3) is 0 Å². The van der Waals surface area contributed by atoms with Crippen LogP contribution in [-0.4, -0.2) is 10.2 Å². The Morgan fingerprint density at radius 1 is 0.800 bits per heavy atom. The Kier molecular flexibility index (Phi) is 6.38. The second kappa shape index (κ2) is 8.05. The van der Waals surface area contributed by atoms with Gasteiger partial charge in [-0.2, -0.15) is 0 Å². The molecule has 0 aromatic heterocycles. The summed E-state index contributed by atoms with van der Waals surface area (Å²) in [4.78, 5) is 0. The summed E-state index contributed by atoms with van der Waals surface area (Å²) in [7, 11) is 0. The monoisotopic (exact) mass is 270 g/mol. The maximum Gasteiger partial charge on any atom is 0.115 e. The fraction of sp³-hybridized carbons (Fsp3) is 0.222. The Balaban J connectivity index is 0.000000956. The van der Waals surface area contributed by atoms with Crippen molar-refractivity contribution in [3.63, 3.8) is 0 Å². The number of hydrogen-bond donors (Lipinski definition) is 2. The molecule has 2 rings (SSSR count). The van der Waals surface area contributed by atoms with Crippen molar-refractivity contribution < 1.29 is 10.2 Å². The molecule has 0 bridgehead atoms. The van der Waals surface area contributed by atoms with Crippen LogP contribution in [0.3, 0.4) is 0 Å². The van der Waals surface area contributed by atoms with E-state index < -0.39 is 0 Å². The van der Waals surface area contributed by atoms with Gasteiger partial charge in [0.05, 0.1) is 0 Å². The van der Waals surface area contributed by atoms with E-state index in [1.54, 1.807) is 24.3 Å². The molecule has 0 amide bonds. The molecule has 1 atom stereocenters. The third-order valence-corrected chi connectivity index (χ3v) is 2.89. The quantitative estimate of drug-likeness (QED) is 0.829. The van der Waals surface area contributed by atoms with E-state index in [4.69, 9.17) is 0 Å². The maximum absolute atomic E-state index is 9.23. The molecule has 2 aromatic carbocycles. The highest BCUT2D eigenvalue weighted by molar-refractivity contribution is 5.52. The molecule has 0 heterocycles. The summed E-state index contributed by atoms with van der Waals surface area (Å²) in [5.41, 5.74) is 2.21. The van der Waals surface area contributed by atoms with Crippen LogP contribution in [0.5, 0.6) is 11.5 Å². The number of hydrogen-bond acceptors (Lipinski definition) is 2. The van der Waals surface area contributed by atoms with Gasteiger partial charge in [-0.1, -0.05) is 57.2 Å². The minimum absolute atomic E-state index is 0.277. The molecule has 2 nitrogen and oxygen atoms in total. The van der Waals surface area contributed by atoms with Gasteiger partial charge in [-0.15, -0.1) is 0 Å². The summed E-state index contributed by atoms with van der Waals surface area (Å²) in [5.74, 6) is 0.839. The van der Waals surface area contributed by atoms with E-state index >= 15 is 0 Å². The maximum atomic E-state index is 9.23. The zero-order chi connectivity index (χ0) is 15.0. The Hall–Kier alpha value is -2.22. The highest BCUT2D eigenvalue weighted by Crippen LogP contribution is 2.21. The van der Waals surface area contributed by atoms with E-state index in [2.05, 4.69) is 13.0 Å². The first kappa shape index (κ1) is 15.8. The summed E-state index contributed by atoms with van der Waals surface area (Å²) in [6.07, 6.45) is 4.12. The van der Waals surface area contributed by atoms with E-state index in [0.717, 1.165) is 11.1 Å². The van der Waals surface area contributed by atoms with Crippen molar-refractivity contribution in [2.45, 2.75) is 26.7 Å². The van der Waals surface area contributed by atoms with Crippen LogP contribution in [0.1, 0.15) is 37.8 Å². The van der Waals surface area contributed by atoms with Crippen LogP contribution in [0.25, 0.3) is 6.08 Å². The summed E-state index contributed by atoms with van der Waals surface area (Å²) in [6, 6.07) is 14.3. The van der Waals surface area contributed by atoms with E-state index in [0.29, 0.717) is 0 Å². The highest BCUT2D eigenvalue weighted by Gasteiger charge is 2.00. The van der Waals surface area contributed by atoms with Gasteiger partial charge in [-0.3, -0.25) is 0 Å². The first-order valence-corrected chi connectivity index (χ1v) is 6.91. The SMILES string of the molecule is CC.CC(/C=C/c1ccc(O)cc1)c1ccc(O)cc1. The van der Waals surface area contributed by atoms with Crippen LogP contribution < -0.4 is 0 Å². The van der Waals surface area contributed by atoms with Gasteiger partial charge in [-0.05, 0) is 41.3 Å². The topological polar surface area (TPSA) is 40.5 Å². The predicted octanol–water partition coefficient (Wildman–Crippen LogP) is 4.94. The van der Waals surface area contributed by atoms with Crippen molar-refractivity contribution >= 4 is 6.08 Å². The number of allylic oxidation sites excluding steroid dienone is 1. The van der Waals surface area contributed by atoms with Crippen LogP contribution in [0, 0.1) is 0 Å². The van der Waals surface area contributed by atoms with Crippen molar-refractivity contribution in [1.29, 1.82) is 0 Å². The van der Waals surface area contributed by atoms with Crippen molar-refractivity contribution in [2.24, 2.45) is 0 Å². The minimum Gasteiger partial charge on any atom is -0.508 e. The summed E-state index contributed by atoms with van der Waals surface area (Å²) in [5, 5.41) is 18.4. The van der Waals surface area contributed by atoms with Crippen LogP contribution >= 0.6 is 0 Å². The Morgan fingerprint density at radius 2 is 1.25 bits per heavy atom. The lowest BCUT2D eigenvalue weighted by atomic mass is 10.00.